The van der Waals surface area contributed by atoms with Crippen molar-refractivity contribution in [1.29, 1.82) is 0 Å². The highest BCUT2D eigenvalue weighted by Crippen LogP contribution is 2.44. The van der Waals surface area contributed by atoms with Crippen molar-refractivity contribution in [2.45, 2.75) is 45.7 Å². The molecule has 2 aromatic heterocycles. The second-order valence-electron chi connectivity index (χ2n) is 10.4. The summed E-state index contributed by atoms with van der Waals surface area (Å²) < 4.78 is 2.38. The van der Waals surface area contributed by atoms with Gasteiger partial charge in [-0.05, 0) is 84.9 Å². The van der Waals surface area contributed by atoms with Gasteiger partial charge in [0.25, 0.3) is 0 Å². The normalized spacial score (nSPS) is 17.4. The van der Waals surface area contributed by atoms with E-state index in [4.69, 9.17) is 17.2 Å². The number of pyridine rings is 1. The average Bonchev–Trinajstić information content (AvgIpc) is 3.43. The molecule has 0 amide bonds. The molecule has 2 atom stereocenters. The van der Waals surface area contributed by atoms with E-state index < -0.39 is 0 Å². The number of benzene rings is 3. The number of hydrogen-bond donors (Lipinski definition) is 1. The first-order valence-corrected chi connectivity index (χ1v) is 13.6. The van der Waals surface area contributed by atoms with Crippen molar-refractivity contribution in [2.24, 2.45) is 0 Å². The molecule has 0 spiro atoms. The van der Waals surface area contributed by atoms with E-state index in [9.17, 15) is 0 Å². The van der Waals surface area contributed by atoms with E-state index in [0.717, 1.165) is 16.5 Å². The minimum Gasteiger partial charge on any atom is -0.351 e. The lowest BCUT2D eigenvalue weighted by Crippen LogP contribution is -2.29. The van der Waals surface area contributed by atoms with Crippen LogP contribution in [0.5, 0.6) is 0 Å². The Morgan fingerprint density at radius 1 is 0.868 bits per heavy atom. The molecule has 3 heterocycles. The molecule has 1 N–H and O–H groups in total. The number of nitrogens with one attached hydrogen (secondary N) is 1. The predicted octanol–water partition coefficient (Wildman–Crippen LogP) is 7.94. The zero-order valence-electron chi connectivity index (χ0n) is 22.2. The van der Waals surface area contributed by atoms with E-state index in [0.29, 0.717) is 5.92 Å². The third-order valence-corrected chi connectivity index (χ3v) is 8.05. The summed E-state index contributed by atoms with van der Waals surface area (Å²) in [5.41, 5.74) is 8.23. The van der Waals surface area contributed by atoms with Crippen molar-refractivity contribution in [3.8, 4) is 5.69 Å². The van der Waals surface area contributed by atoms with Gasteiger partial charge in [0, 0.05) is 28.7 Å². The summed E-state index contributed by atoms with van der Waals surface area (Å²) >= 11 is 5.98. The minimum absolute atomic E-state index is 0.0442. The van der Waals surface area contributed by atoms with Gasteiger partial charge >= 0.3 is 0 Å². The number of anilines is 1. The molecule has 0 bridgehead atoms. The Morgan fingerprint density at radius 2 is 1.61 bits per heavy atom. The van der Waals surface area contributed by atoms with Crippen molar-refractivity contribution in [1.82, 2.24) is 14.9 Å². The third-order valence-electron chi connectivity index (χ3n) is 7.73. The molecule has 0 radical (unpaired) electrons. The molecule has 38 heavy (non-hydrogen) atoms. The highest BCUT2D eigenvalue weighted by molar-refractivity contribution is 7.80. The first-order valence-electron chi connectivity index (χ1n) is 13.2. The van der Waals surface area contributed by atoms with Crippen LogP contribution in [0.2, 0.25) is 0 Å². The maximum atomic E-state index is 5.98. The van der Waals surface area contributed by atoms with Gasteiger partial charge < -0.3 is 14.8 Å². The monoisotopic (exact) mass is 516 g/mol. The Kier molecular flexibility index (Phi) is 6.24. The van der Waals surface area contributed by atoms with E-state index in [1.165, 1.54) is 39.0 Å². The second-order valence-corrected chi connectivity index (χ2v) is 10.8. The Balaban J connectivity index is 1.52. The third kappa shape index (κ3) is 4.07. The molecular formula is C33H32N4S. The largest absolute Gasteiger partial charge is 0.351 e. The number of hydrogen-bond acceptors (Lipinski definition) is 2. The van der Waals surface area contributed by atoms with E-state index in [2.05, 4.69) is 121 Å². The fourth-order valence-electron chi connectivity index (χ4n) is 5.83. The van der Waals surface area contributed by atoms with Gasteiger partial charge in [0.2, 0.25) is 0 Å². The van der Waals surface area contributed by atoms with Crippen LogP contribution in [0.3, 0.4) is 0 Å². The van der Waals surface area contributed by atoms with Crippen LogP contribution in [0.1, 0.15) is 60.1 Å². The summed E-state index contributed by atoms with van der Waals surface area (Å²) in [7, 11) is 0. The van der Waals surface area contributed by atoms with Crippen LogP contribution in [0.25, 0.3) is 16.5 Å². The second kappa shape index (κ2) is 9.73. The van der Waals surface area contributed by atoms with Crippen LogP contribution < -0.4 is 10.2 Å². The molecule has 0 aliphatic carbocycles. The number of aryl methyl sites for hydroxylation is 1. The van der Waals surface area contributed by atoms with Gasteiger partial charge in [0.15, 0.2) is 5.11 Å². The van der Waals surface area contributed by atoms with Gasteiger partial charge in [-0.3, -0.25) is 4.98 Å². The van der Waals surface area contributed by atoms with Gasteiger partial charge in [-0.25, -0.2) is 0 Å². The maximum absolute atomic E-state index is 5.98. The smallest absolute Gasteiger partial charge is 0.174 e. The van der Waals surface area contributed by atoms with Crippen molar-refractivity contribution >= 4 is 33.8 Å². The van der Waals surface area contributed by atoms with E-state index >= 15 is 0 Å². The molecule has 6 rings (SSSR count). The van der Waals surface area contributed by atoms with E-state index in [-0.39, 0.29) is 12.1 Å². The molecule has 1 aliphatic rings. The van der Waals surface area contributed by atoms with Crippen molar-refractivity contribution in [3.05, 3.63) is 125 Å². The van der Waals surface area contributed by atoms with Gasteiger partial charge in [-0.2, -0.15) is 0 Å². The number of rotatable bonds is 5. The van der Waals surface area contributed by atoms with Crippen LogP contribution >= 0.6 is 12.2 Å². The lowest BCUT2D eigenvalue weighted by molar-refractivity contribution is 0.565. The molecule has 1 fully saturated rings. The van der Waals surface area contributed by atoms with Gasteiger partial charge in [-0.15, -0.1) is 0 Å². The average molecular weight is 517 g/mol. The summed E-state index contributed by atoms with van der Waals surface area (Å²) in [6, 6.07) is 32.2. The van der Waals surface area contributed by atoms with Crippen LogP contribution in [0.15, 0.2) is 97.2 Å². The fraction of sp³-hybridized carbons (Fsp3) is 0.212. The standard InChI is InChI=1S/C33H32N4S/c1-21(2)24-15-17-26(18-16-24)37-32(31(35-33(37)38)29-13-7-8-19-34-29)28-20-22(3)36(23(28)4)30-14-9-11-25-10-5-6-12-27(25)30/h5-21,31-32H,1-4H3,(H,35,38)/t31-,32+/m0/s1. The molecule has 0 saturated carbocycles. The van der Waals surface area contributed by atoms with Gasteiger partial charge in [-0.1, -0.05) is 68.4 Å². The number of fused-ring (bicyclic) bond motifs is 1. The summed E-state index contributed by atoms with van der Waals surface area (Å²) in [6.45, 7) is 8.86. The van der Waals surface area contributed by atoms with Crippen LogP contribution in [-0.4, -0.2) is 14.7 Å². The van der Waals surface area contributed by atoms with Gasteiger partial charge in [0.1, 0.15) is 0 Å². The highest BCUT2D eigenvalue weighted by Gasteiger charge is 2.42. The zero-order valence-corrected chi connectivity index (χ0v) is 23.0. The molecule has 5 aromatic rings. The number of aromatic nitrogens is 2. The molecule has 1 aliphatic heterocycles. The fourth-order valence-corrected chi connectivity index (χ4v) is 6.18. The predicted molar refractivity (Wildman–Crippen MR) is 161 cm³/mol. The lowest BCUT2D eigenvalue weighted by atomic mass is 9.96. The van der Waals surface area contributed by atoms with Crippen LogP contribution in [-0.2, 0) is 0 Å². The number of thiocarbonyl (C=S) groups is 1. The van der Waals surface area contributed by atoms with Crippen molar-refractivity contribution in [3.63, 3.8) is 0 Å². The van der Waals surface area contributed by atoms with Crippen molar-refractivity contribution in [2.75, 3.05) is 4.90 Å². The summed E-state index contributed by atoms with van der Waals surface area (Å²) in [6.07, 6.45) is 1.86. The summed E-state index contributed by atoms with van der Waals surface area (Å²) in [4.78, 5) is 7.01. The first kappa shape index (κ1) is 24.4. The Morgan fingerprint density at radius 3 is 2.34 bits per heavy atom. The quantitative estimate of drug-likeness (QED) is 0.240. The van der Waals surface area contributed by atoms with Crippen molar-refractivity contribution < 1.29 is 0 Å². The summed E-state index contributed by atoms with van der Waals surface area (Å²) in [5.74, 6) is 0.476. The molecule has 1 saturated heterocycles. The Labute approximate surface area is 230 Å². The van der Waals surface area contributed by atoms with E-state index in [1.54, 1.807) is 0 Å². The Hall–Kier alpha value is -3.96. The van der Waals surface area contributed by atoms with Crippen LogP contribution in [0, 0.1) is 13.8 Å². The first-order chi connectivity index (χ1) is 18.4. The molecular weight excluding hydrogens is 484 g/mol. The topological polar surface area (TPSA) is 33.1 Å². The number of nitrogens with zero attached hydrogens (tertiary/aromatic N) is 3. The Bertz CT molecular complexity index is 1610. The SMILES string of the molecule is Cc1cc([C@@H]2[C@H](c3ccccn3)NC(=S)N2c2ccc(C(C)C)cc2)c(C)n1-c1cccc2ccccc12. The summed E-state index contributed by atoms with van der Waals surface area (Å²) in [5, 5.41) is 6.81. The lowest BCUT2D eigenvalue weighted by Gasteiger charge is -2.28. The highest BCUT2D eigenvalue weighted by atomic mass is 32.1. The molecule has 0 unspecified atom stereocenters. The molecule has 190 valence electrons. The minimum atomic E-state index is -0.0741. The van der Waals surface area contributed by atoms with Gasteiger partial charge in [0.05, 0.1) is 23.5 Å². The zero-order chi connectivity index (χ0) is 26.4. The molecule has 5 heteroatoms. The van der Waals surface area contributed by atoms with E-state index in [1.807, 2.05) is 18.3 Å². The molecule has 3 aromatic carbocycles. The molecule has 4 nitrogen and oxygen atoms in total. The van der Waals surface area contributed by atoms with Crippen LogP contribution in [0.4, 0.5) is 5.69 Å². The maximum Gasteiger partial charge on any atom is 0.174 e.